The molecule has 1 aromatic rings. The second kappa shape index (κ2) is 7.74. The van der Waals surface area contributed by atoms with Gasteiger partial charge in [-0.3, -0.25) is 0 Å². The van der Waals surface area contributed by atoms with Crippen LogP contribution in [0.25, 0.3) is 0 Å². The van der Waals surface area contributed by atoms with Crippen molar-refractivity contribution < 1.29 is 9.57 Å². The van der Waals surface area contributed by atoms with Gasteiger partial charge in [0.15, 0.2) is 0 Å². The maximum absolute atomic E-state index is 5.16. The average molecular weight is 220 g/mol. The van der Waals surface area contributed by atoms with Crippen LogP contribution in [0.4, 0.5) is 0 Å². The predicted octanol–water partition coefficient (Wildman–Crippen LogP) is 3.11. The number of unbranched alkanes of at least 4 members (excludes halogenated alkanes) is 2. The molecule has 0 saturated carbocycles. The summed E-state index contributed by atoms with van der Waals surface area (Å²) in [7, 11) is 1.63. The Morgan fingerprint density at radius 1 is 1.25 bits per heavy atom. The van der Waals surface area contributed by atoms with E-state index in [4.69, 9.17) is 9.57 Å². The van der Waals surface area contributed by atoms with Crippen molar-refractivity contribution in [2.24, 2.45) is 5.16 Å². The summed E-state index contributed by atoms with van der Waals surface area (Å²) in [5, 5.41) is 3.79. The van der Waals surface area contributed by atoms with Crippen LogP contribution in [0.15, 0.2) is 29.4 Å². The summed E-state index contributed by atoms with van der Waals surface area (Å²) in [6, 6.07) is 7.58. The van der Waals surface area contributed by atoms with Gasteiger partial charge in [0.25, 0.3) is 0 Å². The first kappa shape index (κ1) is 12.6. The van der Waals surface area contributed by atoms with Crippen molar-refractivity contribution in [3.05, 3.63) is 29.8 Å². The highest BCUT2D eigenvalue weighted by atomic mass is 16.6. The summed E-state index contributed by atoms with van der Waals surface area (Å²) in [5.41, 5.74) is 0.806. The molecule has 0 N–H and O–H groups in total. The van der Waals surface area contributed by atoms with Gasteiger partial charge >= 0.3 is 0 Å². The fourth-order valence-electron chi connectivity index (χ4n) is 1.28. The van der Waals surface area contributed by atoms with E-state index in [0.717, 1.165) is 17.7 Å². The van der Waals surface area contributed by atoms with Crippen molar-refractivity contribution in [3.63, 3.8) is 0 Å². The Hall–Kier alpha value is -1.51. The van der Waals surface area contributed by atoms with E-state index >= 15 is 0 Å². The molecule has 1 radical (unpaired) electrons. The minimum Gasteiger partial charge on any atom is -0.496 e. The standard InChI is InChI=1S/C13H18NO2/c1-3-4-7-10-16-14-11-12-8-5-6-9-13(12)15-2/h5-6,8-9H,3-4,7,10H2,1-2H3. The molecule has 0 fully saturated rings. The monoisotopic (exact) mass is 220 g/mol. The van der Waals surface area contributed by atoms with Crippen molar-refractivity contribution in [3.8, 4) is 5.75 Å². The van der Waals surface area contributed by atoms with Crippen LogP contribution in [0.5, 0.6) is 5.75 Å². The van der Waals surface area contributed by atoms with Crippen LogP contribution in [0, 0.1) is 0 Å². The second-order valence-electron chi connectivity index (χ2n) is 3.44. The van der Waals surface area contributed by atoms with Gasteiger partial charge in [-0.1, -0.05) is 37.1 Å². The van der Waals surface area contributed by atoms with E-state index in [9.17, 15) is 0 Å². The van der Waals surface area contributed by atoms with Gasteiger partial charge in [-0.05, 0) is 18.6 Å². The van der Waals surface area contributed by atoms with Crippen LogP contribution in [-0.4, -0.2) is 19.9 Å². The number of benzene rings is 1. The summed E-state index contributed by atoms with van der Waals surface area (Å²) in [5.74, 6) is 0.753. The van der Waals surface area contributed by atoms with E-state index in [2.05, 4.69) is 18.3 Å². The highest BCUT2D eigenvalue weighted by Gasteiger charge is 1.98. The van der Waals surface area contributed by atoms with Crippen LogP contribution < -0.4 is 4.74 Å². The highest BCUT2D eigenvalue weighted by molar-refractivity contribution is 5.82. The number of ether oxygens (including phenoxy) is 1. The van der Waals surface area contributed by atoms with Gasteiger partial charge in [0.1, 0.15) is 18.6 Å². The fourth-order valence-corrected chi connectivity index (χ4v) is 1.28. The van der Waals surface area contributed by atoms with Crippen LogP contribution in [0.2, 0.25) is 0 Å². The smallest absolute Gasteiger partial charge is 0.143 e. The molecule has 16 heavy (non-hydrogen) atoms. The molecule has 0 amide bonds. The van der Waals surface area contributed by atoms with E-state index in [0.29, 0.717) is 6.61 Å². The minimum atomic E-state index is 0.649. The molecule has 1 rings (SSSR count). The van der Waals surface area contributed by atoms with Gasteiger partial charge in [-0.25, -0.2) is 0 Å². The van der Waals surface area contributed by atoms with Crippen molar-refractivity contribution in [2.75, 3.05) is 13.7 Å². The number of para-hydroxylation sites is 1. The van der Waals surface area contributed by atoms with E-state index < -0.39 is 0 Å². The average Bonchev–Trinajstić information content (AvgIpc) is 2.34. The molecule has 0 atom stereocenters. The molecule has 3 nitrogen and oxygen atoms in total. The van der Waals surface area contributed by atoms with Crippen molar-refractivity contribution in [1.29, 1.82) is 0 Å². The number of hydrogen-bond acceptors (Lipinski definition) is 3. The molecule has 3 heteroatoms. The molecule has 0 bridgehead atoms. The topological polar surface area (TPSA) is 30.8 Å². The third-order valence-corrected chi connectivity index (χ3v) is 2.18. The first-order valence-electron chi connectivity index (χ1n) is 5.59. The maximum atomic E-state index is 5.16. The minimum absolute atomic E-state index is 0.649. The Balaban J connectivity index is 2.37. The lowest BCUT2D eigenvalue weighted by Crippen LogP contribution is -1.92. The highest BCUT2D eigenvalue weighted by Crippen LogP contribution is 2.14. The first-order valence-corrected chi connectivity index (χ1v) is 5.59. The van der Waals surface area contributed by atoms with Gasteiger partial charge in [-0.15, -0.1) is 0 Å². The van der Waals surface area contributed by atoms with Crippen LogP contribution >= 0.6 is 0 Å². The third-order valence-electron chi connectivity index (χ3n) is 2.18. The van der Waals surface area contributed by atoms with Gasteiger partial charge < -0.3 is 9.57 Å². The summed E-state index contributed by atoms with van der Waals surface area (Å²) < 4.78 is 5.16. The maximum Gasteiger partial charge on any atom is 0.143 e. The lowest BCUT2D eigenvalue weighted by atomic mass is 10.2. The molecule has 0 aromatic heterocycles. The predicted molar refractivity (Wildman–Crippen MR) is 65.0 cm³/mol. The SMILES string of the molecule is CCCCCO/N=[C]/c1ccccc1OC. The fraction of sp³-hybridized carbons (Fsp3) is 0.462. The molecule has 0 spiro atoms. The summed E-state index contributed by atoms with van der Waals surface area (Å²) in [6.07, 6.45) is 6.21. The zero-order chi connectivity index (χ0) is 11.6. The number of methoxy groups -OCH3 is 1. The van der Waals surface area contributed by atoms with E-state index in [1.807, 2.05) is 24.3 Å². The van der Waals surface area contributed by atoms with Crippen LogP contribution in [-0.2, 0) is 4.84 Å². The number of rotatable bonds is 7. The summed E-state index contributed by atoms with van der Waals surface area (Å²) in [4.78, 5) is 5.10. The van der Waals surface area contributed by atoms with Crippen molar-refractivity contribution in [2.45, 2.75) is 26.2 Å². The van der Waals surface area contributed by atoms with Crippen molar-refractivity contribution >= 4 is 6.21 Å². The zero-order valence-corrected chi connectivity index (χ0v) is 9.90. The molecule has 0 aliphatic rings. The lowest BCUT2D eigenvalue weighted by molar-refractivity contribution is 0.141. The largest absolute Gasteiger partial charge is 0.496 e. The third kappa shape index (κ3) is 4.34. The summed E-state index contributed by atoms with van der Waals surface area (Å²) in [6.45, 7) is 2.81. The normalized spacial score (nSPS) is 10.6. The molecular formula is C13H18NO2. The van der Waals surface area contributed by atoms with Crippen LogP contribution in [0.1, 0.15) is 31.7 Å². The molecule has 0 aliphatic carbocycles. The zero-order valence-electron chi connectivity index (χ0n) is 9.90. The second-order valence-corrected chi connectivity index (χ2v) is 3.44. The quantitative estimate of drug-likeness (QED) is 0.401. The number of hydrogen-bond donors (Lipinski definition) is 0. The Morgan fingerprint density at radius 2 is 2.06 bits per heavy atom. The van der Waals surface area contributed by atoms with Crippen molar-refractivity contribution in [1.82, 2.24) is 0 Å². The summed E-state index contributed by atoms with van der Waals surface area (Å²) >= 11 is 0. The van der Waals surface area contributed by atoms with E-state index in [-0.39, 0.29) is 0 Å². The molecule has 1 aromatic carbocycles. The Bertz CT molecular complexity index is 323. The molecule has 0 saturated heterocycles. The van der Waals surface area contributed by atoms with Gasteiger partial charge in [0.05, 0.1) is 7.11 Å². The van der Waals surface area contributed by atoms with E-state index in [1.54, 1.807) is 7.11 Å². The number of nitrogens with zero attached hydrogens (tertiary/aromatic N) is 1. The molecule has 0 aliphatic heterocycles. The molecule has 0 unspecified atom stereocenters. The first-order chi connectivity index (χ1) is 7.88. The van der Waals surface area contributed by atoms with E-state index in [1.165, 1.54) is 12.8 Å². The van der Waals surface area contributed by atoms with Gasteiger partial charge in [0, 0.05) is 5.56 Å². The Morgan fingerprint density at radius 3 is 2.81 bits per heavy atom. The van der Waals surface area contributed by atoms with Gasteiger partial charge in [-0.2, -0.15) is 0 Å². The Labute approximate surface area is 97.1 Å². The molecule has 87 valence electrons. The Kier molecular flexibility index (Phi) is 6.07. The van der Waals surface area contributed by atoms with Gasteiger partial charge in [0.2, 0.25) is 0 Å². The molecular weight excluding hydrogens is 202 g/mol. The van der Waals surface area contributed by atoms with Crippen LogP contribution in [0.3, 0.4) is 0 Å². The molecule has 0 heterocycles. The lowest BCUT2D eigenvalue weighted by Gasteiger charge is -2.02.